The van der Waals surface area contributed by atoms with Crippen molar-refractivity contribution in [1.29, 1.82) is 0 Å². The topological polar surface area (TPSA) is 44.8 Å². The van der Waals surface area contributed by atoms with Gasteiger partial charge in [0.05, 0.1) is 6.61 Å². The third-order valence-corrected chi connectivity index (χ3v) is 2.67. The maximum absolute atomic E-state index is 11.6. The zero-order valence-corrected chi connectivity index (χ0v) is 13.2. The van der Waals surface area contributed by atoms with Gasteiger partial charge < -0.3 is 14.2 Å². The van der Waals surface area contributed by atoms with Gasteiger partial charge in [0.25, 0.3) is 0 Å². The monoisotopic (exact) mass is 292 g/mol. The van der Waals surface area contributed by atoms with Gasteiger partial charge in [-0.25, -0.2) is 4.79 Å². The number of benzene rings is 1. The van der Waals surface area contributed by atoms with E-state index in [2.05, 4.69) is 6.58 Å². The molecule has 0 fully saturated rings. The first kappa shape index (κ1) is 17.2. The molecular formula is C17H24O4. The summed E-state index contributed by atoms with van der Waals surface area (Å²) in [6.45, 7) is 12.0. The van der Waals surface area contributed by atoms with Gasteiger partial charge in [0.15, 0.2) is 12.9 Å². The number of carbonyl (C=O) groups excluding carboxylic acids is 1. The third kappa shape index (κ3) is 6.95. The first-order valence-corrected chi connectivity index (χ1v) is 7.08. The van der Waals surface area contributed by atoms with Crippen LogP contribution in [-0.4, -0.2) is 25.5 Å². The van der Waals surface area contributed by atoms with Crippen LogP contribution in [0.2, 0.25) is 0 Å². The van der Waals surface area contributed by atoms with Crippen LogP contribution in [-0.2, 0) is 14.3 Å². The average Bonchev–Trinajstić information content (AvgIpc) is 2.43. The molecule has 4 nitrogen and oxygen atoms in total. The highest BCUT2D eigenvalue weighted by Crippen LogP contribution is 2.17. The average molecular weight is 292 g/mol. The zero-order chi connectivity index (χ0) is 15.8. The van der Waals surface area contributed by atoms with Gasteiger partial charge in [0, 0.05) is 0 Å². The smallest absolute Gasteiger partial charge is 0.346 e. The molecule has 0 N–H and O–H groups in total. The van der Waals surface area contributed by atoms with Gasteiger partial charge in [-0.05, 0) is 37.5 Å². The van der Waals surface area contributed by atoms with Crippen LogP contribution in [0.3, 0.4) is 0 Å². The Bertz CT molecular complexity index is 462. The molecule has 0 aliphatic carbocycles. The fraction of sp³-hybridized carbons (Fsp3) is 0.471. The Hall–Kier alpha value is -1.81. The molecule has 0 amide bonds. The van der Waals surface area contributed by atoms with Crippen LogP contribution in [0, 0.1) is 5.92 Å². The summed E-state index contributed by atoms with van der Waals surface area (Å²) in [4.78, 5) is 11.6. The molecule has 0 saturated heterocycles. The molecule has 0 aliphatic heterocycles. The number of ether oxygens (including phenoxy) is 3. The maximum atomic E-state index is 11.6. The fourth-order valence-electron chi connectivity index (χ4n) is 1.56. The van der Waals surface area contributed by atoms with Gasteiger partial charge in [0.2, 0.25) is 0 Å². The van der Waals surface area contributed by atoms with E-state index in [1.165, 1.54) is 0 Å². The van der Waals surface area contributed by atoms with Crippen molar-refractivity contribution < 1.29 is 19.0 Å². The molecule has 0 radical (unpaired) electrons. The van der Waals surface area contributed by atoms with Crippen LogP contribution in [0.1, 0.15) is 33.3 Å². The molecule has 0 aromatic heterocycles. The minimum absolute atomic E-state index is 0.137. The van der Waals surface area contributed by atoms with E-state index in [0.717, 1.165) is 11.1 Å². The van der Waals surface area contributed by atoms with E-state index in [1.807, 2.05) is 32.9 Å². The van der Waals surface area contributed by atoms with Gasteiger partial charge in [-0.3, -0.25) is 0 Å². The van der Waals surface area contributed by atoms with Crippen LogP contribution in [0.15, 0.2) is 30.8 Å². The highest BCUT2D eigenvalue weighted by atomic mass is 16.7. The van der Waals surface area contributed by atoms with Crippen molar-refractivity contribution in [3.63, 3.8) is 0 Å². The largest absolute Gasteiger partial charge is 0.482 e. The Morgan fingerprint density at radius 2 is 1.81 bits per heavy atom. The lowest BCUT2D eigenvalue weighted by Gasteiger charge is -2.15. The van der Waals surface area contributed by atoms with Crippen LogP contribution in [0.4, 0.5) is 0 Å². The summed E-state index contributed by atoms with van der Waals surface area (Å²) in [5.74, 6) is 0.567. The predicted molar refractivity (Wildman–Crippen MR) is 83.0 cm³/mol. The van der Waals surface area contributed by atoms with Gasteiger partial charge in [-0.15, -0.1) is 0 Å². The van der Waals surface area contributed by atoms with E-state index in [9.17, 15) is 4.79 Å². The van der Waals surface area contributed by atoms with Gasteiger partial charge >= 0.3 is 5.97 Å². The molecule has 116 valence electrons. The number of hydrogen-bond donors (Lipinski definition) is 0. The third-order valence-electron chi connectivity index (χ3n) is 2.67. The maximum Gasteiger partial charge on any atom is 0.346 e. The first-order chi connectivity index (χ1) is 9.88. The Balaban J connectivity index is 2.34. The number of hydrogen-bond acceptors (Lipinski definition) is 4. The summed E-state index contributed by atoms with van der Waals surface area (Å²) in [5.41, 5.74) is 2.03. The molecule has 0 aliphatic rings. The highest BCUT2D eigenvalue weighted by Gasteiger charge is 2.11. The lowest BCUT2D eigenvalue weighted by atomic mass is 10.1. The van der Waals surface area contributed by atoms with Crippen molar-refractivity contribution in [1.82, 2.24) is 0 Å². The molecule has 1 aromatic carbocycles. The van der Waals surface area contributed by atoms with Gasteiger partial charge in [-0.1, -0.05) is 38.1 Å². The van der Waals surface area contributed by atoms with E-state index in [-0.39, 0.29) is 6.61 Å². The minimum atomic E-state index is -0.561. The van der Waals surface area contributed by atoms with E-state index in [0.29, 0.717) is 18.3 Å². The van der Waals surface area contributed by atoms with Crippen LogP contribution >= 0.6 is 0 Å². The molecule has 0 saturated carbocycles. The minimum Gasteiger partial charge on any atom is -0.482 e. The molecule has 0 spiro atoms. The predicted octanol–water partition coefficient (Wildman–Crippen LogP) is 3.66. The summed E-state index contributed by atoms with van der Waals surface area (Å²) in [6.07, 6.45) is -0.561. The van der Waals surface area contributed by atoms with Gasteiger partial charge in [0.1, 0.15) is 5.75 Å². The van der Waals surface area contributed by atoms with E-state index < -0.39 is 12.3 Å². The lowest BCUT2D eigenvalue weighted by molar-refractivity contribution is -0.178. The Kier molecular flexibility index (Phi) is 6.96. The molecule has 1 rings (SSSR count). The van der Waals surface area contributed by atoms with Crippen LogP contribution in [0.25, 0.3) is 5.57 Å². The quantitative estimate of drug-likeness (QED) is 0.542. The number of rotatable bonds is 8. The van der Waals surface area contributed by atoms with Crippen molar-refractivity contribution in [2.24, 2.45) is 5.92 Å². The second kappa shape index (κ2) is 8.47. The van der Waals surface area contributed by atoms with Crippen molar-refractivity contribution in [3.8, 4) is 5.75 Å². The molecule has 1 atom stereocenters. The van der Waals surface area contributed by atoms with Gasteiger partial charge in [-0.2, -0.15) is 0 Å². The molecule has 1 aromatic rings. The Morgan fingerprint density at radius 3 is 2.33 bits per heavy atom. The molecular weight excluding hydrogens is 268 g/mol. The van der Waals surface area contributed by atoms with E-state index >= 15 is 0 Å². The van der Waals surface area contributed by atoms with Crippen LogP contribution in [0.5, 0.6) is 5.75 Å². The Labute approximate surface area is 126 Å². The summed E-state index contributed by atoms with van der Waals surface area (Å²) in [6, 6.07) is 7.40. The summed E-state index contributed by atoms with van der Waals surface area (Å²) >= 11 is 0. The lowest BCUT2D eigenvalue weighted by Crippen LogP contribution is -2.24. The zero-order valence-electron chi connectivity index (χ0n) is 13.2. The molecule has 21 heavy (non-hydrogen) atoms. The summed E-state index contributed by atoms with van der Waals surface area (Å²) in [5, 5.41) is 0. The molecule has 4 heteroatoms. The second-order valence-corrected chi connectivity index (χ2v) is 5.38. The number of allylic oxidation sites excluding steroid dienone is 1. The normalized spacial score (nSPS) is 12.0. The number of esters is 1. The SMILES string of the molecule is C=C(C)c1ccc(OCC(=O)OC(C)OCC(C)C)cc1. The first-order valence-electron chi connectivity index (χ1n) is 7.08. The second-order valence-electron chi connectivity index (χ2n) is 5.38. The standard InChI is InChI=1S/C17H24O4/c1-12(2)10-19-14(5)21-17(18)11-20-16-8-6-15(7-9-16)13(3)4/h6-9,12,14H,3,10-11H2,1-2,4-5H3. The number of carbonyl (C=O) groups is 1. The van der Waals surface area contributed by atoms with Crippen molar-refractivity contribution >= 4 is 11.5 Å². The fourth-order valence-corrected chi connectivity index (χ4v) is 1.56. The highest BCUT2D eigenvalue weighted by molar-refractivity contribution is 5.71. The molecule has 0 bridgehead atoms. The van der Waals surface area contributed by atoms with Crippen LogP contribution < -0.4 is 4.74 Å². The molecule has 1 unspecified atom stereocenters. The van der Waals surface area contributed by atoms with E-state index in [1.54, 1.807) is 19.1 Å². The summed E-state index contributed by atoms with van der Waals surface area (Å²) in [7, 11) is 0. The van der Waals surface area contributed by atoms with Crippen molar-refractivity contribution in [2.45, 2.75) is 34.0 Å². The summed E-state index contributed by atoms with van der Waals surface area (Å²) < 4.78 is 15.8. The molecule has 0 heterocycles. The van der Waals surface area contributed by atoms with E-state index in [4.69, 9.17) is 14.2 Å². The van der Waals surface area contributed by atoms with Crippen molar-refractivity contribution in [2.75, 3.05) is 13.2 Å². The Morgan fingerprint density at radius 1 is 1.19 bits per heavy atom. The van der Waals surface area contributed by atoms with Crippen molar-refractivity contribution in [3.05, 3.63) is 36.4 Å².